The van der Waals surface area contributed by atoms with E-state index in [0.29, 0.717) is 11.3 Å². The van der Waals surface area contributed by atoms with E-state index in [0.717, 1.165) is 6.07 Å². The van der Waals surface area contributed by atoms with Crippen molar-refractivity contribution in [3.63, 3.8) is 0 Å². The molecule has 134 valence electrons. The summed E-state index contributed by atoms with van der Waals surface area (Å²) in [4.78, 5) is 11.0. The lowest BCUT2D eigenvalue weighted by atomic mass is 10.1. The standard InChI is InChI=1S/C18H12ClF3N2O2/c19-14-3-1-2-4-15(14)26-16-10-11(5-7-13(16)18(20,21)22)9-12-6-8-17(25)24-23-12/h1-8,10H,9H2,(H,24,25). The van der Waals surface area contributed by atoms with Crippen molar-refractivity contribution in [1.82, 2.24) is 10.2 Å². The van der Waals surface area contributed by atoms with Crippen molar-refractivity contribution in [1.29, 1.82) is 0 Å². The summed E-state index contributed by atoms with van der Waals surface area (Å²) in [6.07, 6.45) is -4.35. The number of ether oxygens (including phenoxy) is 1. The first-order valence-electron chi connectivity index (χ1n) is 7.50. The van der Waals surface area contributed by atoms with Gasteiger partial charge in [-0.3, -0.25) is 4.79 Å². The number of para-hydroxylation sites is 1. The largest absolute Gasteiger partial charge is 0.455 e. The van der Waals surface area contributed by atoms with Crippen LogP contribution in [0.1, 0.15) is 16.8 Å². The van der Waals surface area contributed by atoms with Gasteiger partial charge < -0.3 is 4.74 Å². The molecule has 0 amide bonds. The maximum Gasteiger partial charge on any atom is 0.419 e. The number of rotatable bonds is 4. The van der Waals surface area contributed by atoms with E-state index in [1.54, 1.807) is 12.1 Å². The Morgan fingerprint density at radius 1 is 1.04 bits per heavy atom. The molecule has 0 saturated heterocycles. The van der Waals surface area contributed by atoms with Crippen molar-refractivity contribution in [2.24, 2.45) is 0 Å². The van der Waals surface area contributed by atoms with Crippen LogP contribution in [0.3, 0.4) is 0 Å². The monoisotopic (exact) mass is 380 g/mol. The van der Waals surface area contributed by atoms with Crippen LogP contribution in [0.25, 0.3) is 0 Å². The quantitative estimate of drug-likeness (QED) is 0.705. The van der Waals surface area contributed by atoms with Crippen molar-refractivity contribution >= 4 is 11.6 Å². The van der Waals surface area contributed by atoms with Crippen molar-refractivity contribution in [3.05, 3.63) is 86.8 Å². The molecule has 2 aromatic carbocycles. The Labute approximate surface area is 151 Å². The van der Waals surface area contributed by atoms with E-state index < -0.39 is 11.7 Å². The number of aromatic amines is 1. The molecule has 3 aromatic rings. The summed E-state index contributed by atoms with van der Waals surface area (Å²) in [6, 6.07) is 12.7. The Bertz CT molecular complexity index is 966. The third-order valence-electron chi connectivity index (χ3n) is 3.53. The molecular formula is C18H12ClF3N2O2. The highest BCUT2D eigenvalue weighted by atomic mass is 35.5. The van der Waals surface area contributed by atoms with E-state index in [2.05, 4.69) is 10.2 Å². The van der Waals surface area contributed by atoms with Crippen LogP contribution in [-0.2, 0) is 12.6 Å². The first kappa shape index (κ1) is 18.0. The Kier molecular flexibility index (Phi) is 4.99. The lowest BCUT2D eigenvalue weighted by molar-refractivity contribution is -0.138. The maximum atomic E-state index is 13.3. The normalized spacial score (nSPS) is 11.4. The van der Waals surface area contributed by atoms with Crippen LogP contribution in [0.5, 0.6) is 11.5 Å². The maximum absolute atomic E-state index is 13.3. The zero-order chi connectivity index (χ0) is 18.7. The number of nitrogens with zero attached hydrogens (tertiary/aromatic N) is 1. The van der Waals surface area contributed by atoms with Gasteiger partial charge in [0.15, 0.2) is 0 Å². The Morgan fingerprint density at radius 3 is 2.46 bits per heavy atom. The van der Waals surface area contributed by atoms with E-state index in [4.69, 9.17) is 16.3 Å². The molecule has 0 bridgehead atoms. The summed E-state index contributed by atoms with van der Waals surface area (Å²) >= 11 is 5.98. The van der Waals surface area contributed by atoms with Crippen molar-refractivity contribution < 1.29 is 17.9 Å². The van der Waals surface area contributed by atoms with E-state index >= 15 is 0 Å². The molecule has 0 aliphatic carbocycles. The second-order valence-electron chi connectivity index (χ2n) is 5.45. The summed E-state index contributed by atoms with van der Waals surface area (Å²) < 4.78 is 45.3. The molecule has 0 spiro atoms. The Balaban J connectivity index is 1.97. The van der Waals surface area contributed by atoms with Crippen molar-refractivity contribution in [2.75, 3.05) is 0 Å². The topological polar surface area (TPSA) is 55.0 Å². The number of H-pyrrole nitrogens is 1. The van der Waals surface area contributed by atoms with Crippen LogP contribution < -0.4 is 10.3 Å². The van der Waals surface area contributed by atoms with Gasteiger partial charge >= 0.3 is 6.18 Å². The predicted octanol–water partition coefficient (Wildman–Crippen LogP) is 4.83. The number of hydrogen-bond donors (Lipinski definition) is 1. The minimum Gasteiger partial charge on any atom is -0.455 e. The minimum absolute atomic E-state index is 0.124. The molecule has 0 radical (unpaired) electrons. The molecule has 4 nitrogen and oxygen atoms in total. The molecular weight excluding hydrogens is 369 g/mol. The molecule has 26 heavy (non-hydrogen) atoms. The highest BCUT2D eigenvalue weighted by molar-refractivity contribution is 6.32. The van der Waals surface area contributed by atoms with Gasteiger partial charge in [-0.05, 0) is 35.9 Å². The van der Waals surface area contributed by atoms with Crippen LogP contribution in [0.15, 0.2) is 59.4 Å². The highest BCUT2D eigenvalue weighted by Crippen LogP contribution is 2.40. The second kappa shape index (κ2) is 7.21. The van der Waals surface area contributed by atoms with Gasteiger partial charge in [-0.1, -0.05) is 29.8 Å². The summed E-state index contributed by atoms with van der Waals surface area (Å²) in [6.45, 7) is 0. The molecule has 0 unspecified atom stereocenters. The second-order valence-corrected chi connectivity index (χ2v) is 5.86. The number of halogens is 4. The van der Waals surface area contributed by atoms with E-state index in [-0.39, 0.29) is 28.5 Å². The van der Waals surface area contributed by atoms with E-state index in [1.165, 1.54) is 36.4 Å². The van der Waals surface area contributed by atoms with Gasteiger partial charge in [0.05, 0.1) is 16.3 Å². The Morgan fingerprint density at radius 2 is 1.81 bits per heavy atom. The van der Waals surface area contributed by atoms with E-state index in [1.807, 2.05) is 0 Å². The van der Waals surface area contributed by atoms with Crippen LogP contribution in [0, 0.1) is 0 Å². The van der Waals surface area contributed by atoms with Gasteiger partial charge in [0.25, 0.3) is 5.56 Å². The minimum atomic E-state index is -4.58. The van der Waals surface area contributed by atoms with Gasteiger partial charge in [0.1, 0.15) is 11.5 Å². The van der Waals surface area contributed by atoms with E-state index in [9.17, 15) is 18.0 Å². The van der Waals surface area contributed by atoms with Gasteiger partial charge in [-0.15, -0.1) is 0 Å². The van der Waals surface area contributed by atoms with Crippen LogP contribution >= 0.6 is 11.6 Å². The average Bonchev–Trinajstić information content (AvgIpc) is 2.58. The van der Waals surface area contributed by atoms with Crippen molar-refractivity contribution in [2.45, 2.75) is 12.6 Å². The smallest absolute Gasteiger partial charge is 0.419 e. The summed E-state index contributed by atoms with van der Waals surface area (Å²) in [7, 11) is 0. The summed E-state index contributed by atoms with van der Waals surface area (Å²) in [5.41, 5.74) is -0.216. The van der Waals surface area contributed by atoms with Crippen LogP contribution in [-0.4, -0.2) is 10.2 Å². The Hall–Kier alpha value is -2.80. The molecule has 8 heteroatoms. The SMILES string of the molecule is O=c1ccc(Cc2ccc(C(F)(F)F)c(Oc3ccccc3Cl)c2)n[nH]1. The molecule has 0 aliphatic heterocycles. The van der Waals surface area contributed by atoms with Gasteiger partial charge in [0, 0.05) is 12.5 Å². The van der Waals surface area contributed by atoms with Crippen LogP contribution in [0.4, 0.5) is 13.2 Å². The number of aromatic nitrogens is 2. The molecule has 1 aromatic heterocycles. The number of hydrogen-bond acceptors (Lipinski definition) is 3. The number of benzene rings is 2. The molecule has 3 rings (SSSR count). The molecule has 1 N–H and O–H groups in total. The summed E-state index contributed by atoms with van der Waals surface area (Å²) in [5.74, 6) is -0.230. The molecule has 0 atom stereocenters. The average molecular weight is 381 g/mol. The molecule has 0 fully saturated rings. The fraction of sp³-hybridized carbons (Fsp3) is 0.111. The fourth-order valence-electron chi connectivity index (χ4n) is 2.32. The summed E-state index contributed by atoms with van der Waals surface area (Å²) in [5, 5.41) is 6.34. The van der Waals surface area contributed by atoms with Crippen molar-refractivity contribution in [3.8, 4) is 11.5 Å². The number of nitrogens with one attached hydrogen (secondary N) is 1. The zero-order valence-corrected chi connectivity index (χ0v) is 13.9. The third-order valence-corrected chi connectivity index (χ3v) is 3.84. The lowest BCUT2D eigenvalue weighted by Gasteiger charge is -2.15. The predicted molar refractivity (Wildman–Crippen MR) is 90.6 cm³/mol. The first-order chi connectivity index (χ1) is 12.3. The molecule has 0 saturated carbocycles. The zero-order valence-electron chi connectivity index (χ0n) is 13.2. The molecule has 0 aliphatic rings. The van der Waals surface area contributed by atoms with Gasteiger partial charge in [0.2, 0.25) is 0 Å². The highest BCUT2D eigenvalue weighted by Gasteiger charge is 2.34. The third kappa shape index (κ3) is 4.23. The molecule has 1 heterocycles. The van der Waals surface area contributed by atoms with Gasteiger partial charge in [-0.2, -0.15) is 18.3 Å². The van der Waals surface area contributed by atoms with Crippen LogP contribution in [0.2, 0.25) is 5.02 Å². The number of alkyl halides is 3. The first-order valence-corrected chi connectivity index (χ1v) is 7.88. The van der Waals surface area contributed by atoms with Gasteiger partial charge in [-0.25, -0.2) is 5.10 Å². The fourth-order valence-corrected chi connectivity index (χ4v) is 2.50. The lowest BCUT2D eigenvalue weighted by Crippen LogP contribution is -2.09.